The molecule has 0 aromatic carbocycles. The Morgan fingerprint density at radius 2 is 2.50 bits per heavy atom. The quantitative estimate of drug-likeness (QED) is 0.813. The van der Waals surface area contributed by atoms with Crippen LogP contribution in [0, 0.1) is 5.92 Å². The zero-order valence-electron chi connectivity index (χ0n) is 9.23. The predicted molar refractivity (Wildman–Crippen MR) is 63.9 cm³/mol. The van der Waals surface area contributed by atoms with Crippen LogP contribution in [-0.4, -0.2) is 25.6 Å². The van der Waals surface area contributed by atoms with Crippen LogP contribution in [-0.2, 0) is 0 Å². The summed E-state index contributed by atoms with van der Waals surface area (Å²) in [4.78, 5) is 12.4. The minimum atomic E-state index is -0.0945. The fraction of sp³-hybridized carbons (Fsp3) is 0.545. The van der Waals surface area contributed by atoms with Gasteiger partial charge in [0.1, 0.15) is 10.6 Å². The highest BCUT2D eigenvalue weighted by Gasteiger charge is 2.28. The standard InChI is InChI=1S/C11H16N2O2S/c1-15-9-4-5-16-10(9)11(14)13-6-8(12)7-2-3-7/h4-5,7-8H,2-3,6,12H2,1H3,(H,13,14). The predicted octanol–water partition coefficient (Wildman–Crippen LogP) is 1.22. The zero-order chi connectivity index (χ0) is 11.5. The Morgan fingerprint density at radius 3 is 3.12 bits per heavy atom. The number of nitrogens with two attached hydrogens (primary N) is 1. The first-order valence-corrected chi connectivity index (χ1v) is 6.25. The maximum Gasteiger partial charge on any atom is 0.265 e. The molecule has 1 saturated carbocycles. The molecule has 1 aliphatic rings. The van der Waals surface area contributed by atoms with E-state index in [0.29, 0.717) is 23.1 Å². The average Bonchev–Trinajstić information content (AvgIpc) is 3.03. The van der Waals surface area contributed by atoms with Crippen molar-refractivity contribution in [3.63, 3.8) is 0 Å². The van der Waals surface area contributed by atoms with Crippen LogP contribution in [0.25, 0.3) is 0 Å². The van der Waals surface area contributed by atoms with E-state index in [1.165, 1.54) is 24.2 Å². The molecule has 16 heavy (non-hydrogen) atoms. The summed E-state index contributed by atoms with van der Waals surface area (Å²) in [5.74, 6) is 1.14. The first-order valence-electron chi connectivity index (χ1n) is 5.37. The molecule has 1 heterocycles. The van der Waals surface area contributed by atoms with Crippen molar-refractivity contribution in [2.24, 2.45) is 11.7 Å². The molecule has 2 rings (SSSR count). The van der Waals surface area contributed by atoms with Crippen LogP contribution >= 0.6 is 11.3 Å². The van der Waals surface area contributed by atoms with Crippen molar-refractivity contribution in [2.45, 2.75) is 18.9 Å². The minimum Gasteiger partial charge on any atom is -0.495 e. The Morgan fingerprint density at radius 1 is 1.75 bits per heavy atom. The van der Waals surface area contributed by atoms with E-state index in [-0.39, 0.29) is 11.9 Å². The molecule has 88 valence electrons. The summed E-state index contributed by atoms with van der Waals surface area (Å²) < 4.78 is 5.09. The van der Waals surface area contributed by atoms with E-state index in [0.717, 1.165) is 0 Å². The fourth-order valence-electron chi connectivity index (χ4n) is 1.61. The topological polar surface area (TPSA) is 64.3 Å². The van der Waals surface area contributed by atoms with Crippen molar-refractivity contribution in [2.75, 3.05) is 13.7 Å². The largest absolute Gasteiger partial charge is 0.495 e. The van der Waals surface area contributed by atoms with Crippen molar-refractivity contribution in [3.8, 4) is 5.75 Å². The maximum atomic E-state index is 11.8. The molecule has 0 saturated heterocycles. The van der Waals surface area contributed by atoms with E-state index >= 15 is 0 Å². The summed E-state index contributed by atoms with van der Waals surface area (Å²) in [7, 11) is 1.56. The number of amides is 1. The SMILES string of the molecule is COc1ccsc1C(=O)NCC(N)C1CC1. The number of hydrogen-bond donors (Lipinski definition) is 2. The minimum absolute atomic E-state index is 0.0925. The van der Waals surface area contributed by atoms with Gasteiger partial charge in [-0.05, 0) is 30.2 Å². The second kappa shape index (κ2) is 4.84. The Balaban J connectivity index is 1.87. The normalized spacial score (nSPS) is 16.9. The average molecular weight is 240 g/mol. The lowest BCUT2D eigenvalue weighted by Crippen LogP contribution is -2.38. The monoisotopic (exact) mass is 240 g/mol. The molecule has 0 bridgehead atoms. The highest BCUT2D eigenvalue weighted by atomic mass is 32.1. The molecule has 1 aromatic heterocycles. The van der Waals surface area contributed by atoms with E-state index in [1.54, 1.807) is 13.2 Å². The van der Waals surface area contributed by atoms with Gasteiger partial charge >= 0.3 is 0 Å². The van der Waals surface area contributed by atoms with E-state index < -0.39 is 0 Å². The maximum absolute atomic E-state index is 11.8. The van der Waals surface area contributed by atoms with Crippen molar-refractivity contribution < 1.29 is 9.53 Å². The molecule has 1 aliphatic carbocycles. The highest BCUT2D eigenvalue weighted by Crippen LogP contribution is 2.31. The summed E-state index contributed by atoms with van der Waals surface area (Å²) in [6.45, 7) is 0.546. The third kappa shape index (κ3) is 2.54. The molecule has 0 spiro atoms. The third-order valence-corrected chi connectivity index (χ3v) is 3.68. The lowest BCUT2D eigenvalue weighted by Gasteiger charge is -2.11. The lowest BCUT2D eigenvalue weighted by molar-refractivity contribution is 0.0951. The molecule has 1 fully saturated rings. The van der Waals surface area contributed by atoms with Gasteiger partial charge in [0, 0.05) is 12.6 Å². The van der Waals surface area contributed by atoms with Crippen LogP contribution < -0.4 is 15.8 Å². The van der Waals surface area contributed by atoms with Crippen molar-refractivity contribution >= 4 is 17.2 Å². The molecule has 1 aromatic rings. The van der Waals surface area contributed by atoms with Crippen LogP contribution in [0.1, 0.15) is 22.5 Å². The number of thiophene rings is 1. The Labute approximate surface area is 98.8 Å². The zero-order valence-corrected chi connectivity index (χ0v) is 10.0. The molecule has 0 radical (unpaired) electrons. The highest BCUT2D eigenvalue weighted by molar-refractivity contribution is 7.12. The van der Waals surface area contributed by atoms with Gasteiger partial charge in [-0.1, -0.05) is 0 Å². The van der Waals surface area contributed by atoms with E-state index in [2.05, 4.69) is 5.32 Å². The Bertz CT molecular complexity index is 374. The van der Waals surface area contributed by atoms with Gasteiger partial charge in [0.2, 0.25) is 0 Å². The van der Waals surface area contributed by atoms with Crippen LogP contribution in [0.15, 0.2) is 11.4 Å². The van der Waals surface area contributed by atoms with Crippen molar-refractivity contribution in [1.29, 1.82) is 0 Å². The van der Waals surface area contributed by atoms with Crippen molar-refractivity contribution in [1.82, 2.24) is 5.32 Å². The number of methoxy groups -OCH3 is 1. The van der Waals surface area contributed by atoms with E-state index in [1.807, 2.05) is 5.38 Å². The molecule has 1 unspecified atom stereocenters. The number of ether oxygens (including phenoxy) is 1. The molecular formula is C11H16N2O2S. The summed E-state index contributed by atoms with van der Waals surface area (Å²) in [6, 6.07) is 1.88. The summed E-state index contributed by atoms with van der Waals surface area (Å²) in [5.41, 5.74) is 5.91. The molecule has 3 N–H and O–H groups in total. The molecule has 5 heteroatoms. The number of nitrogens with one attached hydrogen (secondary N) is 1. The van der Waals surface area contributed by atoms with Gasteiger partial charge in [0.15, 0.2) is 0 Å². The van der Waals surface area contributed by atoms with Gasteiger partial charge in [-0.2, -0.15) is 0 Å². The number of hydrogen-bond acceptors (Lipinski definition) is 4. The molecule has 1 atom stereocenters. The second-order valence-electron chi connectivity index (χ2n) is 4.03. The van der Waals surface area contributed by atoms with Crippen LogP contribution in [0.4, 0.5) is 0 Å². The van der Waals surface area contributed by atoms with Gasteiger partial charge < -0.3 is 15.8 Å². The lowest BCUT2D eigenvalue weighted by atomic mass is 10.2. The summed E-state index contributed by atoms with van der Waals surface area (Å²) in [5, 5.41) is 4.69. The van der Waals surface area contributed by atoms with Crippen LogP contribution in [0.5, 0.6) is 5.75 Å². The molecule has 1 amide bonds. The Kier molecular flexibility index (Phi) is 3.46. The van der Waals surface area contributed by atoms with Gasteiger partial charge in [-0.15, -0.1) is 11.3 Å². The second-order valence-corrected chi connectivity index (χ2v) is 4.95. The number of carbonyl (C=O) groups is 1. The van der Waals surface area contributed by atoms with Gasteiger partial charge in [0.05, 0.1) is 7.11 Å². The van der Waals surface area contributed by atoms with Gasteiger partial charge in [-0.25, -0.2) is 0 Å². The van der Waals surface area contributed by atoms with E-state index in [4.69, 9.17) is 10.5 Å². The molecule has 4 nitrogen and oxygen atoms in total. The number of carbonyl (C=O) groups excluding carboxylic acids is 1. The fourth-order valence-corrected chi connectivity index (χ4v) is 2.38. The van der Waals surface area contributed by atoms with Gasteiger partial charge in [0.25, 0.3) is 5.91 Å². The first kappa shape index (κ1) is 11.4. The van der Waals surface area contributed by atoms with E-state index in [9.17, 15) is 4.79 Å². The van der Waals surface area contributed by atoms with Crippen LogP contribution in [0.3, 0.4) is 0 Å². The Hall–Kier alpha value is -1.07. The third-order valence-electron chi connectivity index (χ3n) is 2.78. The van der Waals surface area contributed by atoms with Crippen molar-refractivity contribution in [3.05, 3.63) is 16.3 Å². The van der Waals surface area contributed by atoms with Gasteiger partial charge in [-0.3, -0.25) is 4.79 Å². The molecule has 0 aliphatic heterocycles. The first-order chi connectivity index (χ1) is 7.72. The molecular weight excluding hydrogens is 224 g/mol. The van der Waals surface area contributed by atoms with Crippen LogP contribution in [0.2, 0.25) is 0 Å². The summed E-state index contributed by atoms with van der Waals surface area (Å²) >= 11 is 1.38. The smallest absolute Gasteiger partial charge is 0.265 e. The number of rotatable bonds is 5. The summed E-state index contributed by atoms with van der Waals surface area (Å²) in [6.07, 6.45) is 2.39.